The van der Waals surface area contributed by atoms with E-state index < -0.39 is 17.5 Å². The topological polar surface area (TPSA) is 49.7 Å². The third-order valence-electron chi connectivity index (χ3n) is 3.96. The Morgan fingerprint density at radius 2 is 1.84 bits per heavy atom. The average molecular weight is 268 g/mol. The van der Waals surface area contributed by atoms with Crippen molar-refractivity contribution >= 4 is 0 Å². The molecule has 1 aliphatic rings. The van der Waals surface area contributed by atoms with Gasteiger partial charge in [0.25, 0.3) is 0 Å². The second kappa shape index (κ2) is 5.88. The van der Waals surface area contributed by atoms with Gasteiger partial charge in [-0.1, -0.05) is 25.7 Å². The number of hydrogen-bond acceptors (Lipinski definition) is 3. The van der Waals surface area contributed by atoms with Crippen LogP contribution in [0.15, 0.2) is 18.2 Å². The predicted octanol–water partition coefficient (Wildman–Crippen LogP) is 2.95. The fourth-order valence-corrected chi connectivity index (χ4v) is 2.82. The van der Waals surface area contributed by atoms with E-state index in [-0.39, 0.29) is 0 Å². The SMILES string of the molecule is COc1ccc(F)cc1C(O)C1(O)CCCCCC1. The summed E-state index contributed by atoms with van der Waals surface area (Å²) in [7, 11) is 1.47. The first-order valence-corrected chi connectivity index (χ1v) is 6.81. The van der Waals surface area contributed by atoms with Gasteiger partial charge in [-0.15, -0.1) is 0 Å². The van der Waals surface area contributed by atoms with Crippen molar-refractivity contribution in [2.75, 3.05) is 7.11 Å². The molecule has 19 heavy (non-hydrogen) atoms. The van der Waals surface area contributed by atoms with Crippen LogP contribution in [0.5, 0.6) is 5.75 Å². The molecule has 1 aromatic rings. The minimum Gasteiger partial charge on any atom is -0.496 e. The summed E-state index contributed by atoms with van der Waals surface area (Å²) in [6, 6.07) is 4.01. The van der Waals surface area contributed by atoms with Crippen molar-refractivity contribution in [3.8, 4) is 5.75 Å². The van der Waals surface area contributed by atoms with E-state index in [2.05, 4.69) is 0 Å². The molecular formula is C15H21FO3. The van der Waals surface area contributed by atoms with Gasteiger partial charge in [0.2, 0.25) is 0 Å². The summed E-state index contributed by atoms with van der Waals surface area (Å²) in [5.41, 5.74) is -0.857. The predicted molar refractivity (Wildman–Crippen MR) is 70.6 cm³/mol. The Labute approximate surface area is 113 Å². The molecule has 106 valence electrons. The zero-order valence-corrected chi connectivity index (χ0v) is 11.2. The monoisotopic (exact) mass is 268 g/mol. The van der Waals surface area contributed by atoms with Crippen molar-refractivity contribution < 1.29 is 19.3 Å². The quantitative estimate of drug-likeness (QED) is 0.829. The van der Waals surface area contributed by atoms with Crippen LogP contribution in [0.25, 0.3) is 0 Å². The van der Waals surface area contributed by atoms with Crippen LogP contribution in [0.1, 0.15) is 50.2 Å². The smallest absolute Gasteiger partial charge is 0.124 e. The zero-order chi connectivity index (χ0) is 13.9. The molecule has 0 bridgehead atoms. The first-order valence-electron chi connectivity index (χ1n) is 6.81. The Bertz CT molecular complexity index is 425. The van der Waals surface area contributed by atoms with Crippen LogP contribution in [-0.4, -0.2) is 22.9 Å². The van der Waals surface area contributed by atoms with E-state index in [0.717, 1.165) is 25.7 Å². The Morgan fingerprint density at radius 1 is 1.21 bits per heavy atom. The van der Waals surface area contributed by atoms with E-state index in [1.54, 1.807) is 0 Å². The Hall–Kier alpha value is -1.13. The van der Waals surface area contributed by atoms with E-state index in [1.807, 2.05) is 0 Å². The Kier molecular flexibility index (Phi) is 4.42. The molecule has 4 heteroatoms. The maximum atomic E-state index is 13.4. The molecule has 3 nitrogen and oxygen atoms in total. The van der Waals surface area contributed by atoms with Crippen LogP contribution >= 0.6 is 0 Å². The van der Waals surface area contributed by atoms with Gasteiger partial charge in [-0.05, 0) is 31.0 Å². The molecule has 2 rings (SSSR count). The molecule has 2 N–H and O–H groups in total. The molecule has 0 aliphatic heterocycles. The van der Waals surface area contributed by atoms with Gasteiger partial charge >= 0.3 is 0 Å². The van der Waals surface area contributed by atoms with Crippen molar-refractivity contribution in [3.05, 3.63) is 29.6 Å². The molecule has 1 atom stereocenters. The van der Waals surface area contributed by atoms with Gasteiger partial charge in [-0.3, -0.25) is 0 Å². The van der Waals surface area contributed by atoms with E-state index >= 15 is 0 Å². The van der Waals surface area contributed by atoms with Gasteiger partial charge in [-0.25, -0.2) is 4.39 Å². The van der Waals surface area contributed by atoms with Gasteiger partial charge in [-0.2, -0.15) is 0 Å². The molecule has 0 amide bonds. The molecule has 1 aromatic carbocycles. The number of rotatable bonds is 3. The second-order valence-corrected chi connectivity index (χ2v) is 5.31. The third-order valence-corrected chi connectivity index (χ3v) is 3.96. The molecule has 0 spiro atoms. The lowest BCUT2D eigenvalue weighted by Gasteiger charge is -2.33. The summed E-state index contributed by atoms with van der Waals surface area (Å²) in [6.07, 6.45) is 3.85. The molecule has 1 aliphatic carbocycles. The normalized spacial score (nSPS) is 20.6. The third kappa shape index (κ3) is 3.07. The summed E-state index contributed by atoms with van der Waals surface area (Å²) in [6.45, 7) is 0. The van der Waals surface area contributed by atoms with Crippen LogP contribution in [-0.2, 0) is 0 Å². The fourth-order valence-electron chi connectivity index (χ4n) is 2.82. The summed E-state index contributed by atoms with van der Waals surface area (Å²) in [5.74, 6) is -0.0290. The van der Waals surface area contributed by atoms with Crippen LogP contribution in [0.3, 0.4) is 0 Å². The van der Waals surface area contributed by atoms with E-state index in [0.29, 0.717) is 24.2 Å². The number of halogens is 1. The standard InChI is InChI=1S/C15H21FO3/c1-19-13-7-6-11(16)10-12(13)14(17)15(18)8-4-2-3-5-9-15/h6-7,10,14,17-18H,2-5,8-9H2,1H3. The fraction of sp³-hybridized carbons (Fsp3) is 0.600. The van der Waals surface area contributed by atoms with Crippen LogP contribution in [0.4, 0.5) is 4.39 Å². The largest absolute Gasteiger partial charge is 0.496 e. The lowest BCUT2D eigenvalue weighted by molar-refractivity contribution is -0.0875. The Balaban J connectivity index is 2.31. The minimum atomic E-state index is -1.18. The summed E-state index contributed by atoms with van der Waals surface area (Å²) in [4.78, 5) is 0. The molecule has 0 radical (unpaired) electrons. The molecule has 0 heterocycles. The molecular weight excluding hydrogens is 247 g/mol. The van der Waals surface area contributed by atoms with Crippen molar-refractivity contribution in [1.29, 1.82) is 0 Å². The number of hydrogen-bond donors (Lipinski definition) is 2. The first-order chi connectivity index (χ1) is 9.07. The lowest BCUT2D eigenvalue weighted by atomic mass is 9.84. The van der Waals surface area contributed by atoms with Crippen LogP contribution < -0.4 is 4.74 Å². The number of aliphatic hydroxyl groups is 2. The van der Waals surface area contributed by atoms with Crippen molar-refractivity contribution in [1.82, 2.24) is 0 Å². The maximum absolute atomic E-state index is 13.4. The summed E-state index contributed by atoms with van der Waals surface area (Å²) in [5, 5.41) is 21.1. The van der Waals surface area contributed by atoms with Gasteiger partial charge < -0.3 is 14.9 Å². The highest BCUT2D eigenvalue weighted by Gasteiger charge is 2.38. The first kappa shape index (κ1) is 14.3. The highest BCUT2D eigenvalue weighted by Crippen LogP contribution is 2.40. The van der Waals surface area contributed by atoms with E-state index in [9.17, 15) is 14.6 Å². The number of methoxy groups -OCH3 is 1. The van der Waals surface area contributed by atoms with Crippen LogP contribution in [0.2, 0.25) is 0 Å². The van der Waals surface area contributed by atoms with Gasteiger partial charge in [0.15, 0.2) is 0 Å². The molecule has 1 fully saturated rings. The van der Waals surface area contributed by atoms with E-state index in [4.69, 9.17) is 4.74 Å². The number of ether oxygens (including phenoxy) is 1. The van der Waals surface area contributed by atoms with Crippen molar-refractivity contribution in [3.63, 3.8) is 0 Å². The second-order valence-electron chi connectivity index (χ2n) is 5.31. The van der Waals surface area contributed by atoms with Gasteiger partial charge in [0.1, 0.15) is 17.7 Å². The summed E-state index contributed by atoms with van der Waals surface area (Å²) < 4.78 is 18.5. The molecule has 0 saturated heterocycles. The molecule has 0 aromatic heterocycles. The van der Waals surface area contributed by atoms with E-state index in [1.165, 1.54) is 25.3 Å². The van der Waals surface area contributed by atoms with Crippen LogP contribution in [0, 0.1) is 5.82 Å². The van der Waals surface area contributed by atoms with Crippen molar-refractivity contribution in [2.45, 2.75) is 50.2 Å². The molecule has 1 unspecified atom stereocenters. The van der Waals surface area contributed by atoms with Crippen molar-refractivity contribution in [2.24, 2.45) is 0 Å². The number of aliphatic hydroxyl groups excluding tert-OH is 1. The average Bonchev–Trinajstić information content (AvgIpc) is 2.63. The molecule has 1 saturated carbocycles. The zero-order valence-electron chi connectivity index (χ0n) is 11.2. The highest BCUT2D eigenvalue weighted by atomic mass is 19.1. The minimum absolute atomic E-state index is 0.326. The highest BCUT2D eigenvalue weighted by molar-refractivity contribution is 5.37. The maximum Gasteiger partial charge on any atom is 0.124 e. The Morgan fingerprint density at radius 3 is 2.42 bits per heavy atom. The van der Waals surface area contributed by atoms with Gasteiger partial charge in [0.05, 0.1) is 12.7 Å². The van der Waals surface area contributed by atoms with Gasteiger partial charge in [0, 0.05) is 5.56 Å². The lowest BCUT2D eigenvalue weighted by Crippen LogP contribution is -2.36. The summed E-state index contributed by atoms with van der Waals surface area (Å²) >= 11 is 0. The number of benzene rings is 1.